The Labute approximate surface area is 117 Å². The van der Waals surface area contributed by atoms with Gasteiger partial charge >= 0.3 is 0 Å². The maximum atomic E-state index is 10.0. The van der Waals surface area contributed by atoms with Gasteiger partial charge in [-0.2, -0.15) is 0 Å². The van der Waals surface area contributed by atoms with Crippen LogP contribution in [0, 0.1) is 10.1 Å². The van der Waals surface area contributed by atoms with Crippen molar-refractivity contribution in [1.82, 2.24) is 9.97 Å². The number of benzene rings is 1. The molecule has 0 saturated carbocycles. The topological polar surface area (TPSA) is 71.8 Å². The van der Waals surface area contributed by atoms with Gasteiger partial charge in [0.05, 0.1) is 4.92 Å². The molecule has 5 heteroatoms. The zero-order chi connectivity index (χ0) is 14.5. The average molecular weight is 269 g/mol. The summed E-state index contributed by atoms with van der Waals surface area (Å²) in [4.78, 5) is 16.2. The number of nitrogens with one attached hydrogen (secondary N) is 1. The second kappa shape index (κ2) is 10.0. The summed E-state index contributed by atoms with van der Waals surface area (Å²) in [6.45, 7) is 0. The Bertz CT molecular complexity index is 510. The van der Waals surface area contributed by atoms with Crippen LogP contribution >= 0.6 is 0 Å². The molecule has 0 bridgehead atoms. The standard InChI is InChI=1S/C6H5NO2.C5H5N.C4H5N/c8-7(9)6-4-2-1-3-5-6;1-2-4-6-5-3-1;1-2-4-5-3-1/h1-5H;1-5H;1-5H. The maximum absolute atomic E-state index is 10.0. The fraction of sp³-hybridized carbons (Fsp3) is 0. The highest BCUT2D eigenvalue weighted by atomic mass is 16.6. The fourth-order valence-electron chi connectivity index (χ4n) is 1.14. The molecule has 2 heterocycles. The van der Waals surface area contributed by atoms with E-state index in [2.05, 4.69) is 9.97 Å². The van der Waals surface area contributed by atoms with E-state index in [0.717, 1.165) is 0 Å². The van der Waals surface area contributed by atoms with Crippen LogP contribution in [0.3, 0.4) is 0 Å². The lowest BCUT2D eigenvalue weighted by Gasteiger charge is -1.85. The monoisotopic (exact) mass is 269 g/mol. The highest BCUT2D eigenvalue weighted by molar-refractivity contribution is 5.27. The van der Waals surface area contributed by atoms with E-state index in [1.165, 1.54) is 12.1 Å². The maximum Gasteiger partial charge on any atom is 0.269 e. The summed E-state index contributed by atoms with van der Waals surface area (Å²) in [6, 6.07) is 17.5. The highest BCUT2D eigenvalue weighted by Crippen LogP contribution is 2.06. The van der Waals surface area contributed by atoms with Crippen LogP contribution in [0.1, 0.15) is 0 Å². The molecule has 0 amide bonds. The Balaban J connectivity index is 0.000000158. The molecule has 0 aliphatic rings. The number of hydrogen-bond acceptors (Lipinski definition) is 3. The number of nitro groups is 1. The first-order chi connectivity index (χ1) is 9.80. The predicted molar refractivity (Wildman–Crippen MR) is 78.1 cm³/mol. The molecule has 0 saturated heterocycles. The van der Waals surface area contributed by atoms with Crippen molar-refractivity contribution in [2.24, 2.45) is 0 Å². The number of rotatable bonds is 1. The number of pyridine rings is 1. The average Bonchev–Trinajstić information content (AvgIpc) is 3.10. The van der Waals surface area contributed by atoms with Crippen LogP contribution in [0.4, 0.5) is 5.69 Å². The van der Waals surface area contributed by atoms with E-state index in [1.54, 1.807) is 30.6 Å². The van der Waals surface area contributed by atoms with Crippen molar-refractivity contribution in [2.75, 3.05) is 0 Å². The summed E-state index contributed by atoms with van der Waals surface area (Å²) < 4.78 is 0. The van der Waals surface area contributed by atoms with Gasteiger partial charge in [0.2, 0.25) is 0 Å². The van der Waals surface area contributed by atoms with Gasteiger partial charge in [0.1, 0.15) is 0 Å². The molecular weight excluding hydrogens is 254 g/mol. The molecule has 1 aromatic carbocycles. The Morgan fingerprint density at radius 2 is 1.40 bits per heavy atom. The Hall–Kier alpha value is -2.95. The third kappa shape index (κ3) is 7.39. The molecule has 0 aliphatic heterocycles. The van der Waals surface area contributed by atoms with Crippen LogP contribution in [0.5, 0.6) is 0 Å². The zero-order valence-corrected chi connectivity index (χ0v) is 10.8. The van der Waals surface area contributed by atoms with Crippen LogP contribution in [0.15, 0.2) is 85.5 Å². The van der Waals surface area contributed by atoms with Gasteiger partial charge in [0.25, 0.3) is 5.69 Å². The Kier molecular flexibility index (Phi) is 7.57. The number of para-hydroxylation sites is 1. The molecule has 20 heavy (non-hydrogen) atoms. The molecule has 0 fully saturated rings. The van der Waals surface area contributed by atoms with Crippen molar-refractivity contribution in [1.29, 1.82) is 0 Å². The number of nitrogens with zero attached hydrogens (tertiary/aromatic N) is 2. The second-order valence-electron chi connectivity index (χ2n) is 3.50. The van der Waals surface area contributed by atoms with Crippen LogP contribution in [-0.4, -0.2) is 14.9 Å². The van der Waals surface area contributed by atoms with Crippen molar-refractivity contribution in [2.45, 2.75) is 0 Å². The molecule has 3 aromatic rings. The van der Waals surface area contributed by atoms with E-state index in [0.29, 0.717) is 0 Å². The van der Waals surface area contributed by atoms with Crippen LogP contribution < -0.4 is 0 Å². The first-order valence-electron chi connectivity index (χ1n) is 5.93. The molecule has 5 nitrogen and oxygen atoms in total. The molecule has 102 valence electrons. The molecule has 0 atom stereocenters. The van der Waals surface area contributed by atoms with E-state index in [9.17, 15) is 10.1 Å². The molecule has 2 aromatic heterocycles. The quantitative estimate of drug-likeness (QED) is 0.541. The normalized spacial score (nSPS) is 8.40. The molecule has 0 spiro atoms. The lowest BCUT2D eigenvalue weighted by molar-refractivity contribution is -0.384. The predicted octanol–water partition coefficient (Wildman–Crippen LogP) is 3.69. The summed E-state index contributed by atoms with van der Waals surface area (Å²) in [6.07, 6.45) is 7.25. The number of H-pyrrole nitrogens is 1. The van der Waals surface area contributed by atoms with Crippen molar-refractivity contribution in [3.8, 4) is 0 Å². The van der Waals surface area contributed by atoms with Gasteiger partial charge in [-0.05, 0) is 24.3 Å². The Morgan fingerprint density at radius 3 is 1.65 bits per heavy atom. The van der Waals surface area contributed by atoms with E-state index < -0.39 is 4.92 Å². The summed E-state index contributed by atoms with van der Waals surface area (Å²) in [5, 5.41) is 10.0. The minimum atomic E-state index is -0.417. The van der Waals surface area contributed by atoms with E-state index in [4.69, 9.17) is 0 Å². The fourth-order valence-corrected chi connectivity index (χ4v) is 1.14. The van der Waals surface area contributed by atoms with Gasteiger partial charge < -0.3 is 4.98 Å². The number of hydrogen-bond donors (Lipinski definition) is 1. The van der Waals surface area contributed by atoms with Gasteiger partial charge in [-0.1, -0.05) is 24.3 Å². The van der Waals surface area contributed by atoms with Crippen LogP contribution in [0.25, 0.3) is 0 Å². The van der Waals surface area contributed by atoms with Gasteiger partial charge in [-0.25, -0.2) is 0 Å². The molecule has 0 unspecified atom stereocenters. The van der Waals surface area contributed by atoms with Gasteiger partial charge in [-0.15, -0.1) is 0 Å². The molecule has 1 N–H and O–H groups in total. The number of nitro benzene ring substituents is 1. The van der Waals surface area contributed by atoms with E-state index in [-0.39, 0.29) is 5.69 Å². The third-order valence-corrected chi connectivity index (χ3v) is 2.03. The lowest BCUT2D eigenvalue weighted by atomic mass is 10.3. The summed E-state index contributed by atoms with van der Waals surface area (Å²) in [5.41, 5.74) is 0.137. The van der Waals surface area contributed by atoms with Gasteiger partial charge in [0, 0.05) is 36.9 Å². The first kappa shape index (κ1) is 15.1. The first-order valence-corrected chi connectivity index (χ1v) is 5.93. The zero-order valence-electron chi connectivity index (χ0n) is 10.8. The highest BCUT2D eigenvalue weighted by Gasteiger charge is 1.98. The smallest absolute Gasteiger partial charge is 0.269 e. The second-order valence-corrected chi connectivity index (χ2v) is 3.50. The minimum absolute atomic E-state index is 0.137. The van der Waals surface area contributed by atoms with E-state index in [1.807, 2.05) is 42.7 Å². The molecule has 0 radical (unpaired) electrons. The van der Waals surface area contributed by atoms with E-state index >= 15 is 0 Å². The lowest BCUT2D eigenvalue weighted by Crippen LogP contribution is -1.84. The van der Waals surface area contributed by atoms with Crippen molar-refractivity contribution in [3.63, 3.8) is 0 Å². The van der Waals surface area contributed by atoms with Crippen LogP contribution in [0.2, 0.25) is 0 Å². The minimum Gasteiger partial charge on any atom is -0.368 e. The van der Waals surface area contributed by atoms with Gasteiger partial charge in [-0.3, -0.25) is 15.1 Å². The van der Waals surface area contributed by atoms with Crippen LogP contribution in [-0.2, 0) is 0 Å². The molecule has 3 rings (SSSR count). The van der Waals surface area contributed by atoms with Crippen molar-refractivity contribution < 1.29 is 4.92 Å². The molecular formula is C15H15N3O2. The summed E-state index contributed by atoms with van der Waals surface area (Å²) in [7, 11) is 0. The Morgan fingerprint density at radius 1 is 0.850 bits per heavy atom. The summed E-state index contributed by atoms with van der Waals surface area (Å²) >= 11 is 0. The number of non-ortho nitro benzene ring substituents is 1. The number of aromatic amines is 1. The number of aromatic nitrogens is 2. The van der Waals surface area contributed by atoms with Gasteiger partial charge in [0.15, 0.2) is 0 Å². The molecule has 0 aliphatic carbocycles. The largest absolute Gasteiger partial charge is 0.368 e. The van der Waals surface area contributed by atoms with Crippen molar-refractivity contribution in [3.05, 3.63) is 95.6 Å². The summed E-state index contributed by atoms with van der Waals surface area (Å²) in [5.74, 6) is 0. The SMILES string of the molecule is O=[N+]([O-])c1ccccc1.c1cc[nH]c1.c1ccncc1. The van der Waals surface area contributed by atoms with Crippen molar-refractivity contribution >= 4 is 5.69 Å². The third-order valence-electron chi connectivity index (χ3n) is 2.03.